The van der Waals surface area contributed by atoms with Gasteiger partial charge in [0.05, 0.1) is 5.69 Å². The van der Waals surface area contributed by atoms with Gasteiger partial charge in [0.1, 0.15) is 0 Å². The van der Waals surface area contributed by atoms with Gasteiger partial charge in [0, 0.05) is 21.4 Å². The van der Waals surface area contributed by atoms with Gasteiger partial charge in [0.25, 0.3) is 5.91 Å². The molecule has 1 heterocycles. The minimum absolute atomic E-state index is 0.265. The Morgan fingerprint density at radius 3 is 2.73 bits per heavy atom. The van der Waals surface area contributed by atoms with Gasteiger partial charge in [-0.05, 0) is 42.5 Å². The summed E-state index contributed by atoms with van der Waals surface area (Å²) < 4.78 is 2.51. The molecule has 1 aromatic heterocycles. The summed E-state index contributed by atoms with van der Waals surface area (Å²) in [5.41, 5.74) is 1.84. The van der Waals surface area contributed by atoms with Crippen LogP contribution in [0.4, 0.5) is 5.69 Å². The molecular weight excluding hydrogens is 366 g/mol. The van der Waals surface area contributed by atoms with Crippen LogP contribution in [0.3, 0.4) is 0 Å². The fraction of sp³-hybridized carbons (Fsp3) is 0. The van der Waals surface area contributed by atoms with Gasteiger partial charge in [-0.15, -0.1) is 0 Å². The van der Waals surface area contributed by atoms with Crippen LogP contribution in [0.1, 0.15) is 10.5 Å². The Morgan fingerprint density at radius 1 is 1.14 bits per heavy atom. The molecule has 0 saturated carbocycles. The van der Waals surface area contributed by atoms with Crippen molar-refractivity contribution in [2.75, 3.05) is 5.32 Å². The van der Waals surface area contributed by atoms with E-state index >= 15 is 0 Å². The van der Waals surface area contributed by atoms with Crippen LogP contribution in [-0.2, 0) is 0 Å². The van der Waals surface area contributed by atoms with Crippen molar-refractivity contribution in [2.45, 2.75) is 0 Å². The second-order valence-electron chi connectivity index (χ2n) is 4.59. The number of halogens is 2. The summed E-state index contributed by atoms with van der Waals surface area (Å²) in [7, 11) is 0. The maximum atomic E-state index is 12.2. The fourth-order valence-electron chi connectivity index (χ4n) is 1.97. The third kappa shape index (κ3) is 3.37. The summed E-state index contributed by atoms with van der Waals surface area (Å²) in [6.07, 6.45) is 1.72. The Morgan fingerprint density at radius 2 is 1.95 bits per heavy atom. The topological polar surface area (TPSA) is 46.9 Å². The van der Waals surface area contributed by atoms with Crippen molar-refractivity contribution in [2.24, 2.45) is 0 Å². The van der Waals surface area contributed by atoms with E-state index in [0.29, 0.717) is 16.4 Å². The number of benzene rings is 2. The molecule has 0 fully saturated rings. The van der Waals surface area contributed by atoms with E-state index in [9.17, 15) is 4.79 Å². The molecule has 0 aliphatic rings. The van der Waals surface area contributed by atoms with Gasteiger partial charge in [-0.1, -0.05) is 39.7 Å². The van der Waals surface area contributed by atoms with E-state index in [-0.39, 0.29) is 5.91 Å². The summed E-state index contributed by atoms with van der Waals surface area (Å²) in [6, 6.07) is 16.3. The maximum absolute atomic E-state index is 12.2. The smallest absolute Gasteiger partial charge is 0.276 e. The lowest BCUT2D eigenvalue weighted by molar-refractivity contribution is 0.102. The second-order valence-corrected chi connectivity index (χ2v) is 5.94. The predicted molar refractivity (Wildman–Crippen MR) is 90.7 cm³/mol. The van der Waals surface area contributed by atoms with E-state index in [1.54, 1.807) is 29.1 Å². The summed E-state index contributed by atoms with van der Waals surface area (Å²) in [6.45, 7) is 0. The zero-order valence-corrected chi connectivity index (χ0v) is 13.7. The molecule has 6 heteroatoms. The van der Waals surface area contributed by atoms with E-state index < -0.39 is 0 Å². The van der Waals surface area contributed by atoms with Crippen LogP contribution in [0.15, 0.2) is 65.3 Å². The molecule has 1 N–H and O–H groups in total. The summed E-state index contributed by atoms with van der Waals surface area (Å²) in [4.78, 5) is 12.2. The highest BCUT2D eigenvalue weighted by Gasteiger charge is 2.10. The number of nitrogens with zero attached hydrogens (tertiary/aromatic N) is 2. The first-order valence-electron chi connectivity index (χ1n) is 6.50. The molecule has 0 aliphatic heterocycles. The maximum Gasteiger partial charge on any atom is 0.276 e. The number of amides is 1. The Labute approximate surface area is 140 Å². The quantitative estimate of drug-likeness (QED) is 0.729. The Kier molecular flexibility index (Phi) is 4.27. The van der Waals surface area contributed by atoms with E-state index in [0.717, 1.165) is 10.2 Å². The molecule has 0 spiro atoms. The van der Waals surface area contributed by atoms with Crippen molar-refractivity contribution in [3.8, 4) is 5.69 Å². The van der Waals surface area contributed by atoms with Crippen molar-refractivity contribution in [3.63, 3.8) is 0 Å². The highest BCUT2D eigenvalue weighted by molar-refractivity contribution is 9.10. The van der Waals surface area contributed by atoms with Crippen molar-refractivity contribution in [1.29, 1.82) is 0 Å². The van der Waals surface area contributed by atoms with Crippen LogP contribution in [0.5, 0.6) is 0 Å². The van der Waals surface area contributed by atoms with Crippen molar-refractivity contribution in [3.05, 3.63) is 76.0 Å². The first kappa shape index (κ1) is 14.8. The molecule has 0 atom stereocenters. The molecule has 0 bridgehead atoms. The lowest BCUT2D eigenvalue weighted by Gasteiger charge is -2.04. The van der Waals surface area contributed by atoms with Gasteiger partial charge in [-0.25, -0.2) is 4.68 Å². The molecule has 3 rings (SSSR count). The van der Waals surface area contributed by atoms with Crippen LogP contribution in [-0.4, -0.2) is 15.7 Å². The zero-order valence-electron chi connectivity index (χ0n) is 11.3. The van der Waals surface area contributed by atoms with Gasteiger partial charge < -0.3 is 5.32 Å². The Hall–Kier alpha value is -2.11. The third-order valence-electron chi connectivity index (χ3n) is 2.98. The minimum atomic E-state index is -0.265. The van der Waals surface area contributed by atoms with Crippen LogP contribution >= 0.6 is 27.5 Å². The van der Waals surface area contributed by atoms with Crippen LogP contribution in [0.25, 0.3) is 5.69 Å². The molecular formula is C16H11BrClN3O. The number of hydrogen-bond acceptors (Lipinski definition) is 2. The van der Waals surface area contributed by atoms with Crippen LogP contribution in [0, 0.1) is 0 Å². The largest absolute Gasteiger partial charge is 0.321 e. The third-order valence-corrected chi connectivity index (χ3v) is 3.71. The van der Waals surface area contributed by atoms with Gasteiger partial charge in [-0.3, -0.25) is 4.79 Å². The average Bonchev–Trinajstić information content (AvgIpc) is 2.97. The Bertz CT molecular complexity index is 832. The van der Waals surface area contributed by atoms with E-state index in [1.165, 1.54) is 0 Å². The van der Waals surface area contributed by atoms with Gasteiger partial charge >= 0.3 is 0 Å². The minimum Gasteiger partial charge on any atom is -0.321 e. The summed E-state index contributed by atoms with van der Waals surface area (Å²) in [5.74, 6) is -0.265. The lowest BCUT2D eigenvalue weighted by atomic mass is 10.3. The van der Waals surface area contributed by atoms with Crippen molar-refractivity contribution < 1.29 is 4.79 Å². The molecule has 110 valence electrons. The molecule has 0 saturated heterocycles. The Balaban J connectivity index is 1.80. The standard InChI is InChI=1S/C16H11BrClN3O/c17-11-3-1-5-13(9-11)19-16(22)15-7-8-21(20-15)14-6-2-4-12(18)10-14/h1-10H,(H,19,22). The predicted octanol–water partition coefficient (Wildman–Crippen LogP) is 4.54. The van der Waals surface area contributed by atoms with Gasteiger partial charge in [0.15, 0.2) is 5.69 Å². The average molecular weight is 377 g/mol. The van der Waals surface area contributed by atoms with Crippen LogP contribution < -0.4 is 5.32 Å². The van der Waals surface area contributed by atoms with E-state index in [2.05, 4.69) is 26.3 Å². The number of nitrogens with one attached hydrogen (secondary N) is 1. The van der Waals surface area contributed by atoms with Gasteiger partial charge in [-0.2, -0.15) is 5.10 Å². The molecule has 0 radical (unpaired) electrons. The highest BCUT2D eigenvalue weighted by atomic mass is 79.9. The molecule has 2 aromatic carbocycles. The van der Waals surface area contributed by atoms with Crippen molar-refractivity contribution in [1.82, 2.24) is 9.78 Å². The number of aromatic nitrogens is 2. The molecule has 1 amide bonds. The number of hydrogen-bond donors (Lipinski definition) is 1. The molecule has 22 heavy (non-hydrogen) atoms. The van der Waals surface area contributed by atoms with Crippen LogP contribution in [0.2, 0.25) is 5.02 Å². The number of anilines is 1. The number of carbonyl (C=O) groups excluding carboxylic acids is 1. The second kappa shape index (κ2) is 6.34. The SMILES string of the molecule is O=C(Nc1cccc(Br)c1)c1ccn(-c2cccc(Cl)c2)n1. The summed E-state index contributed by atoms with van der Waals surface area (Å²) in [5, 5.41) is 7.70. The fourth-order valence-corrected chi connectivity index (χ4v) is 2.55. The van der Waals surface area contributed by atoms with E-state index in [4.69, 9.17) is 11.6 Å². The molecule has 4 nitrogen and oxygen atoms in total. The highest BCUT2D eigenvalue weighted by Crippen LogP contribution is 2.17. The zero-order chi connectivity index (χ0) is 15.5. The first-order chi connectivity index (χ1) is 10.6. The molecule has 3 aromatic rings. The first-order valence-corrected chi connectivity index (χ1v) is 7.67. The number of rotatable bonds is 3. The molecule has 0 unspecified atom stereocenters. The van der Waals surface area contributed by atoms with Crippen molar-refractivity contribution >= 4 is 39.1 Å². The summed E-state index contributed by atoms with van der Waals surface area (Å²) >= 11 is 9.33. The monoisotopic (exact) mass is 375 g/mol. The normalized spacial score (nSPS) is 10.5. The lowest BCUT2D eigenvalue weighted by Crippen LogP contribution is -2.13. The molecule has 0 aliphatic carbocycles. The van der Waals surface area contributed by atoms with E-state index in [1.807, 2.05) is 36.4 Å². The van der Waals surface area contributed by atoms with Gasteiger partial charge in [0.2, 0.25) is 0 Å². The number of carbonyl (C=O) groups is 1.